The van der Waals surface area contributed by atoms with E-state index >= 15 is 0 Å². The summed E-state index contributed by atoms with van der Waals surface area (Å²) in [4.78, 5) is 27.8. The minimum Gasteiger partial charge on any atom is -0.368 e. The summed E-state index contributed by atoms with van der Waals surface area (Å²) in [5, 5.41) is 3.15. The number of nitrogens with zero attached hydrogens (tertiary/aromatic N) is 2. The molecule has 1 aromatic carbocycles. The zero-order valence-electron chi connectivity index (χ0n) is 13.8. The molecule has 1 aliphatic heterocycles. The van der Waals surface area contributed by atoms with Crippen LogP contribution in [0.4, 0.5) is 10.5 Å². The molecular formula is C18H25N3O2. The van der Waals surface area contributed by atoms with Gasteiger partial charge in [-0.3, -0.25) is 4.79 Å². The van der Waals surface area contributed by atoms with E-state index in [1.165, 1.54) is 12.8 Å². The van der Waals surface area contributed by atoms with Crippen LogP contribution in [0.2, 0.25) is 0 Å². The van der Waals surface area contributed by atoms with Crippen LogP contribution in [0.15, 0.2) is 24.3 Å². The molecule has 0 aromatic heterocycles. The van der Waals surface area contributed by atoms with Gasteiger partial charge in [0.1, 0.15) is 0 Å². The van der Waals surface area contributed by atoms with Gasteiger partial charge in [0.05, 0.1) is 0 Å². The van der Waals surface area contributed by atoms with Gasteiger partial charge < -0.3 is 15.1 Å². The van der Waals surface area contributed by atoms with Crippen LogP contribution in [0.5, 0.6) is 0 Å². The van der Waals surface area contributed by atoms with Gasteiger partial charge in [0.2, 0.25) is 0 Å². The first-order chi connectivity index (χ1) is 11.1. The lowest BCUT2D eigenvalue weighted by Crippen LogP contribution is -2.53. The van der Waals surface area contributed by atoms with Crippen molar-refractivity contribution >= 4 is 17.5 Å². The van der Waals surface area contributed by atoms with E-state index < -0.39 is 0 Å². The van der Waals surface area contributed by atoms with Crippen molar-refractivity contribution in [2.75, 3.05) is 31.1 Å². The van der Waals surface area contributed by atoms with E-state index in [1.807, 2.05) is 29.2 Å². The van der Waals surface area contributed by atoms with Crippen molar-refractivity contribution < 1.29 is 9.59 Å². The van der Waals surface area contributed by atoms with Gasteiger partial charge in [0.25, 0.3) is 0 Å². The molecule has 3 rings (SSSR count). The Balaban J connectivity index is 1.51. The monoisotopic (exact) mass is 315 g/mol. The number of carbonyl (C=O) groups is 2. The number of ketones is 1. The molecule has 1 saturated heterocycles. The van der Waals surface area contributed by atoms with E-state index in [1.54, 1.807) is 6.92 Å². The van der Waals surface area contributed by atoms with E-state index in [0.717, 1.165) is 50.3 Å². The van der Waals surface area contributed by atoms with Gasteiger partial charge in [-0.2, -0.15) is 0 Å². The van der Waals surface area contributed by atoms with Crippen LogP contribution in [-0.2, 0) is 0 Å². The molecule has 1 aromatic rings. The highest BCUT2D eigenvalue weighted by Gasteiger charge is 2.24. The van der Waals surface area contributed by atoms with Crippen LogP contribution >= 0.6 is 0 Å². The Bertz CT molecular complexity index is 556. The summed E-state index contributed by atoms with van der Waals surface area (Å²) < 4.78 is 0. The van der Waals surface area contributed by atoms with Gasteiger partial charge in [0.15, 0.2) is 5.78 Å². The van der Waals surface area contributed by atoms with Crippen molar-refractivity contribution in [1.82, 2.24) is 10.2 Å². The summed E-state index contributed by atoms with van der Waals surface area (Å²) >= 11 is 0. The van der Waals surface area contributed by atoms with Gasteiger partial charge in [-0.15, -0.1) is 0 Å². The second-order valence-electron chi connectivity index (χ2n) is 6.51. The standard InChI is InChI=1S/C18H25N3O2/c1-14(22)15-6-8-17(9-7-15)20-10-12-21(13-11-20)18(23)19-16-4-2-3-5-16/h6-9,16H,2-5,10-13H2,1H3,(H,19,23). The van der Waals surface area contributed by atoms with Gasteiger partial charge >= 0.3 is 6.03 Å². The number of carbonyl (C=O) groups excluding carboxylic acids is 2. The third kappa shape index (κ3) is 3.84. The SMILES string of the molecule is CC(=O)c1ccc(N2CCN(C(=O)NC3CCCC3)CC2)cc1. The van der Waals surface area contributed by atoms with E-state index in [4.69, 9.17) is 0 Å². The smallest absolute Gasteiger partial charge is 0.317 e. The molecule has 0 atom stereocenters. The number of anilines is 1. The number of piperazine rings is 1. The molecular weight excluding hydrogens is 290 g/mol. The van der Waals surface area contributed by atoms with Crippen molar-refractivity contribution in [2.24, 2.45) is 0 Å². The molecule has 1 N–H and O–H groups in total. The Morgan fingerprint density at radius 2 is 1.61 bits per heavy atom. The molecule has 5 heteroatoms. The highest BCUT2D eigenvalue weighted by atomic mass is 16.2. The topological polar surface area (TPSA) is 52.7 Å². The molecule has 5 nitrogen and oxygen atoms in total. The Hall–Kier alpha value is -2.04. The number of nitrogens with one attached hydrogen (secondary N) is 1. The van der Waals surface area contributed by atoms with Gasteiger partial charge in [-0.1, -0.05) is 12.8 Å². The Morgan fingerprint density at radius 1 is 1.00 bits per heavy atom. The van der Waals surface area contributed by atoms with Gasteiger partial charge in [-0.05, 0) is 44.0 Å². The number of hydrogen-bond donors (Lipinski definition) is 1. The molecule has 2 aliphatic rings. The fourth-order valence-electron chi connectivity index (χ4n) is 3.41. The fourth-order valence-corrected chi connectivity index (χ4v) is 3.41. The Labute approximate surface area is 137 Å². The zero-order chi connectivity index (χ0) is 16.2. The molecule has 0 radical (unpaired) electrons. The maximum absolute atomic E-state index is 12.3. The number of urea groups is 1. The predicted molar refractivity (Wildman–Crippen MR) is 91.0 cm³/mol. The maximum atomic E-state index is 12.3. The summed E-state index contributed by atoms with van der Waals surface area (Å²) in [7, 11) is 0. The van der Waals surface area contributed by atoms with Crippen LogP contribution in [0.25, 0.3) is 0 Å². The second-order valence-corrected chi connectivity index (χ2v) is 6.51. The van der Waals surface area contributed by atoms with Crippen molar-refractivity contribution in [3.63, 3.8) is 0 Å². The summed E-state index contributed by atoms with van der Waals surface area (Å²) in [6.45, 7) is 4.73. The Kier molecular flexibility index (Phi) is 4.84. The van der Waals surface area contributed by atoms with Crippen molar-refractivity contribution in [3.05, 3.63) is 29.8 Å². The molecule has 2 fully saturated rings. The average molecular weight is 315 g/mol. The third-order valence-corrected chi connectivity index (χ3v) is 4.89. The molecule has 0 bridgehead atoms. The third-order valence-electron chi connectivity index (χ3n) is 4.89. The van der Waals surface area contributed by atoms with Crippen molar-refractivity contribution in [1.29, 1.82) is 0 Å². The average Bonchev–Trinajstić information content (AvgIpc) is 3.08. The molecule has 0 spiro atoms. The van der Waals surface area contributed by atoms with Crippen LogP contribution < -0.4 is 10.2 Å². The number of Topliss-reactive ketones (excluding diaryl/α,β-unsaturated/α-hetero) is 1. The summed E-state index contributed by atoms with van der Waals surface area (Å²) in [5.41, 5.74) is 1.86. The second kappa shape index (κ2) is 7.02. The maximum Gasteiger partial charge on any atom is 0.317 e. The summed E-state index contributed by atoms with van der Waals surface area (Å²) in [6.07, 6.45) is 4.70. The molecule has 2 amide bonds. The number of rotatable bonds is 3. The number of hydrogen-bond acceptors (Lipinski definition) is 3. The lowest BCUT2D eigenvalue weighted by Gasteiger charge is -2.36. The minimum atomic E-state index is 0.0866. The molecule has 1 heterocycles. The van der Waals surface area contributed by atoms with Crippen LogP contribution in [-0.4, -0.2) is 48.9 Å². The van der Waals surface area contributed by atoms with E-state index in [0.29, 0.717) is 6.04 Å². The lowest BCUT2D eigenvalue weighted by molar-refractivity contribution is 0.101. The molecule has 1 saturated carbocycles. The lowest BCUT2D eigenvalue weighted by atomic mass is 10.1. The first-order valence-corrected chi connectivity index (χ1v) is 8.55. The normalized spacial score (nSPS) is 19.0. The predicted octanol–water partition coefficient (Wildman–Crippen LogP) is 2.66. The van der Waals surface area contributed by atoms with Gasteiger partial charge in [0, 0.05) is 43.5 Å². The summed E-state index contributed by atoms with van der Waals surface area (Å²) in [5.74, 6) is 0.0879. The first-order valence-electron chi connectivity index (χ1n) is 8.55. The highest BCUT2D eigenvalue weighted by Crippen LogP contribution is 2.19. The molecule has 23 heavy (non-hydrogen) atoms. The van der Waals surface area contributed by atoms with E-state index in [9.17, 15) is 9.59 Å². The summed E-state index contributed by atoms with van der Waals surface area (Å²) in [6, 6.07) is 8.19. The molecule has 1 aliphatic carbocycles. The van der Waals surface area contributed by atoms with Crippen LogP contribution in [0.1, 0.15) is 43.0 Å². The van der Waals surface area contributed by atoms with E-state index in [-0.39, 0.29) is 11.8 Å². The van der Waals surface area contributed by atoms with Crippen LogP contribution in [0.3, 0.4) is 0 Å². The van der Waals surface area contributed by atoms with Gasteiger partial charge in [-0.25, -0.2) is 4.79 Å². The number of amides is 2. The van der Waals surface area contributed by atoms with Crippen molar-refractivity contribution in [2.45, 2.75) is 38.6 Å². The first kappa shape index (κ1) is 15.8. The molecule has 0 unspecified atom stereocenters. The number of benzene rings is 1. The van der Waals surface area contributed by atoms with E-state index in [2.05, 4.69) is 10.2 Å². The Morgan fingerprint density at radius 3 is 2.17 bits per heavy atom. The zero-order valence-corrected chi connectivity index (χ0v) is 13.8. The molecule has 124 valence electrons. The minimum absolute atomic E-state index is 0.0866. The highest BCUT2D eigenvalue weighted by molar-refractivity contribution is 5.94. The van der Waals surface area contributed by atoms with Crippen LogP contribution in [0, 0.1) is 0 Å². The fraction of sp³-hybridized carbons (Fsp3) is 0.556. The van der Waals surface area contributed by atoms with Crippen molar-refractivity contribution in [3.8, 4) is 0 Å². The largest absolute Gasteiger partial charge is 0.368 e. The quantitative estimate of drug-likeness (QED) is 0.873.